The molecule has 6 heteroatoms. The number of hydrogen-bond donors (Lipinski definition) is 0. The molecule has 1 heterocycles. The number of hydrogen-bond acceptors (Lipinski definition) is 6. The van der Waals surface area contributed by atoms with Gasteiger partial charge in [-0.2, -0.15) is 8.75 Å². The standard InChI is InChI=1S/C12H12N2O3S/c1-16-6-7-17-11-5-3-2-4-9(11)12(15)10-8-13-18-14-10/h2-5,8H,6-7H2,1H3. The van der Waals surface area contributed by atoms with Crippen molar-refractivity contribution in [2.75, 3.05) is 20.3 Å². The van der Waals surface area contributed by atoms with Gasteiger partial charge in [-0.25, -0.2) is 0 Å². The lowest BCUT2D eigenvalue weighted by Gasteiger charge is -2.09. The summed E-state index contributed by atoms with van der Waals surface area (Å²) in [6, 6.07) is 7.07. The van der Waals surface area contributed by atoms with Crippen molar-refractivity contribution in [2.24, 2.45) is 0 Å². The fraction of sp³-hybridized carbons (Fsp3) is 0.250. The summed E-state index contributed by atoms with van der Waals surface area (Å²) in [6.07, 6.45) is 1.46. The number of rotatable bonds is 6. The van der Waals surface area contributed by atoms with Crippen molar-refractivity contribution < 1.29 is 14.3 Å². The van der Waals surface area contributed by atoms with E-state index in [1.54, 1.807) is 25.3 Å². The molecule has 0 saturated carbocycles. The van der Waals surface area contributed by atoms with Crippen molar-refractivity contribution in [1.29, 1.82) is 0 Å². The highest BCUT2D eigenvalue weighted by Gasteiger charge is 2.16. The molecule has 18 heavy (non-hydrogen) atoms. The number of nitrogens with zero attached hydrogens (tertiary/aromatic N) is 2. The Labute approximate surface area is 109 Å². The molecule has 0 radical (unpaired) electrons. The average Bonchev–Trinajstić information content (AvgIpc) is 2.93. The second kappa shape index (κ2) is 6.23. The van der Waals surface area contributed by atoms with E-state index in [1.807, 2.05) is 6.07 Å². The summed E-state index contributed by atoms with van der Waals surface area (Å²) in [5.41, 5.74) is 0.823. The first-order chi connectivity index (χ1) is 8.83. The third-order valence-corrected chi connectivity index (χ3v) is 2.75. The molecule has 5 nitrogen and oxygen atoms in total. The predicted octanol–water partition coefficient (Wildman–Crippen LogP) is 1.79. The van der Waals surface area contributed by atoms with Gasteiger partial charge in [-0.05, 0) is 12.1 Å². The Balaban J connectivity index is 2.19. The molecule has 94 valence electrons. The van der Waals surface area contributed by atoms with Gasteiger partial charge in [0.15, 0.2) is 0 Å². The number of carbonyl (C=O) groups is 1. The van der Waals surface area contributed by atoms with Crippen LogP contribution in [0.3, 0.4) is 0 Å². The van der Waals surface area contributed by atoms with E-state index in [-0.39, 0.29) is 5.78 Å². The third kappa shape index (κ3) is 2.91. The van der Waals surface area contributed by atoms with Crippen LogP contribution in [0.2, 0.25) is 0 Å². The number of methoxy groups -OCH3 is 1. The summed E-state index contributed by atoms with van der Waals surface area (Å²) in [7, 11) is 1.60. The molecule has 0 aliphatic carbocycles. The van der Waals surface area contributed by atoms with Crippen molar-refractivity contribution in [3.8, 4) is 5.75 Å². The Morgan fingerprint density at radius 2 is 2.17 bits per heavy atom. The molecular weight excluding hydrogens is 252 g/mol. The number of benzene rings is 1. The van der Waals surface area contributed by atoms with E-state index < -0.39 is 0 Å². The maximum absolute atomic E-state index is 12.2. The number of ketones is 1. The van der Waals surface area contributed by atoms with Crippen molar-refractivity contribution >= 4 is 17.5 Å². The number of ether oxygens (including phenoxy) is 2. The smallest absolute Gasteiger partial charge is 0.217 e. The van der Waals surface area contributed by atoms with E-state index in [0.29, 0.717) is 30.2 Å². The van der Waals surface area contributed by atoms with Gasteiger partial charge in [-0.1, -0.05) is 12.1 Å². The maximum atomic E-state index is 12.2. The van der Waals surface area contributed by atoms with Gasteiger partial charge in [0.25, 0.3) is 0 Å². The Morgan fingerprint density at radius 3 is 2.89 bits per heavy atom. The van der Waals surface area contributed by atoms with Gasteiger partial charge in [-0.3, -0.25) is 4.79 Å². The summed E-state index contributed by atoms with van der Waals surface area (Å²) in [5, 5.41) is 0. The molecule has 0 amide bonds. The van der Waals surface area contributed by atoms with Gasteiger partial charge in [0, 0.05) is 7.11 Å². The largest absolute Gasteiger partial charge is 0.490 e. The molecule has 0 spiro atoms. The van der Waals surface area contributed by atoms with Crippen LogP contribution in [0, 0.1) is 0 Å². The number of aromatic nitrogens is 2. The third-order valence-electron chi connectivity index (χ3n) is 2.27. The van der Waals surface area contributed by atoms with Crippen LogP contribution in [-0.2, 0) is 4.74 Å². The molecule has 2 rings (SSSR count). The Hall–Kier alpha value is -1.79. The first kappa shape index (κ1) is 12.7. The molecule has 2 aromatic rings. The summed E-state index contributed by atoms with van der Waals surface area (Å²) in [4.78, 5) is 12.2. The Kier molecular flexibility index (Phi) is 4.38. The lowest BCUT2D eigenvalue weighted by atomic mass is 10.1. The van der Waals surface area contributed by atoms with Crippen LogP contribution in [0.5, 0.6) is 5.75 Å². The molecule has 1 aromatic heterocycles. The molecule has 0 bridgehead atoms. The van der Waals surface area contributed by atoms with Crippen LogP contribution >= 0.6 is 11.7 Å². The quantitative estimate of drug-likeness (QED) is 0.588. The normalized spacial score (nSPS) is 10.3. The van der Waals surface area contributed by atoms with Crippen LogP contribution in [0.25, 0.3) is 0 Å². The van der Waals surface area contributed by atoms with Crippen LogP contribution < -0.4 is 4.74 Å². The van der Waals surface area contributed by atoms with Gasteiger partial charge in [0.05, 0.1) is 30.1 Å². The van der Waals surface area contributed by atoms with Crippen LogP contribution in [-0.4, -0.2) is 34.9 Å². The fourth-order valence-electron chi connectivity index (χ4n) is 1.42. The molecule has 0 atom stereocenters. The summed E-state index contributed by atoms with van der Waals surface area (Å²) in [6.45, 7) is 0.872. The van der Waals surface area contributed by atoms with Gasteiger partial charge in [0.1, 0.15) is 18.1 Å². The first-order valence-electron chi connectivity index (χ1n) is 5.36. The lowest BCUT2D eigenvalue weighted by molar-refractivity contribution is 0.102. The van der Waals surface area contributed by atoms with E-state index >= 15 is 0 Å². The van der Waals surface area contributed by atoms with E-state index in [4.69, 9.17) is 9.47 Å². The molecule has 0 unspecified atom stereocenters. The zero-order valence-electron chi connectivity index (χ0n) is 9.83. The molecule has 0 saturated heterocycles. The minimum atomic E-state index is -0.184. The topological polar surface area (TPSA) is 61.3 Å². The number of para-hydroxylation sites is 1. The summed E-state index contributed by atoms with van der Waals surface area (Å²) >= 11 is 1.01. The van der Waals surface area contributed by atoms with Gasteiger partial charge in [-0.15, -0.1) is 0 Å². The molecule has 0 fully saturated rings. The number of carbonyl (C=O) groups excluding carboxylic acids is 1. The SMILES string of the molecule is COCCOc1ccccc1C(=O)c1cnsn1. The van der Waals surface area contributed by atoms with Gasteiger partial charge in [0.2, 0.25) is 5.78 Å². The van der Waals surface area contributed by atoms with Gasteiger partial charge >= 0.3 is 0 Å². The van der Waals surface area contributed by atoms with E-state index in [1.165, 1.54) is 6.20 Å². The van der Waals surface area contributed by atoms with Crippen molar-refractivity contribution in [3.05, 3.63) is 41.7 Å². The van der Waals surface area contributed by atoms with Gasteiger partial charge < -0.3 is 9.47 Å². The zero-order chi connectivity index (χ0) is 12.8. The second-order valence-electron chi connectivity index (χ2n) is 3.46. The van der Waals surface area contributed by atoms with Crippen molar-refractivity contribution in [2.45, 2.75) is 0 Å². The van der Waals surface area contributed by atoms with E-state index in [0.717, 1.165) is 11.7 Å². The molecule has 1 aromatic carbocycles. The van der Waals surface area contributed by atoms with E-state index in [2.05, 4.69) is 8.75 Å². The van der Waals surface area contributed by atoms with E-state index in [9.17, 15) is 4.79 Å². The minimum absolute atomic E-state index is 0.184. The Bertz CT molecular complexity index is 514. The average molecular weight is 264 g/mol. The van der Waals surface area contributed by atoms with Crippen LogP contribution in [0.4, 0.5) is 0 Å². The molecule has 0 N–H and O–H groups in total. The van der Waals surface area contributed by atoms with Crippen LogP contribution in [0.1, 0.15) is 16.1 Å². The minimum Gasteiger partial charge on any atom is -0.490 e. The zero-order valence-corrected chi connectivity index (χ0v) is 10.6. The molecular formula is C12H12N2O3S. The maximum Gasteiger partial charge on any atom is 0.217 e. The second-order valence-corrected chi connectivity index (χ2v) is 4.02. The monoisotopic (exact) mass is 264 g/mol. The Morgan fingerprint density at radius 1 is 1.33 bits per heavy atom. The fourth-order valence-corrected chi connectivity index (χ4v) is 1.83. The highest BCUT2D eigenvalue weighted by molar-refractivity contribution is 6.99. The molecule has 0 aliphatic heterocycles. The first-order valence-corrected chi connectivity index (χ1v) is 6.09. The molecule has 0 aliphatic rings. The summed E-state index contributed by atoms with van der Waals surface area (Å²) < 4.78 is 18.2. The van der Waals surface area contributed by atoms with Crippen LogP contribution in [0.15, 0.2) is 30.5 Å². The van der Waals surface area contributed by atoms with Crippen molar-refractivity contribution in [1.82, 2.24) is 8.75 Å². The summed E-state index contributed by atoms with van der Waals surface area (Å²) in [5.74, 6) is 0.351. The van der Waals surface area contributed by atoms with Crippen molar-refractivity contribution in [3.63, 3.8) is 0 Å². The predicted molar refractivity (Wildman–Crippen MR) is 67.2 cm³/mol. The lowest BCUT2D eigenvalue weighted by Crippen LogP contribution is -2.09. The highest BCUT2D eigenvalue weighted by atomic mass is 32.1. The highest BCUT2D eigenvalue weighted by Crippen LogP contribution is 2.20.